The number of ether oxygens (including phenoxy) is 1. The van der Waals surface area contributed by atoms with Crippen molar-refractivity contribution in [3.05, 3.63) is 57.8 Å². The number of rotatable bonds is 9. The van der Waals surface area contributed by atoms with Crippen LogP contribution in [-0.4, -0.2) is 44.2 Å². The first-order valence-electron chi connectivity index (χ1n) is 10.7. The molecular weight excluding hydrogens is 396 g/mol. The summed E-state index contributed by atoms with van der Waals surface area (Å²) in [5, 5.41) is 14.0. The van der Waals surface area contributed by atoms with Crippen molar-refractivity contribution in [3.8, 4) is 0 Å². The molecule has 3 N–H and O–H groups in total. The molecule has 1 saturated heterocycles. The van der Waals surface area contributed by atoms with Crippen molar-refractivity contribution >= 4 is 23.2 Å². The van der Waals surface area contributed by atoms with E-state index in [1.165, 1.54) is 5.56 Å². The summed E-state index contributed by atoms with van der Waals surface area (Å²) in [6.07, 6.45) is 2.23. The number of hydrogen-bond acceptors (Lipinski definition) is 4. The standard InChI is InChI=1S/C23H32N4O2S/c1-3-24-23(26-13-17(2)20-9-11-30-16-20)27-14-18-6-4-7-19(12-18)22(28)25-15-21-8-5-10-29-21/h4,6-7,9,11-12,16-17,21H,3,5,8,10,13-15H2,1-2H3,(H,25,28)(H2,24,26,27). The first kappa shape index (κ1) is 22.3. The number of aliphatic imine (C=N–C) groups is 1. The van der Waals surface area contributed by atoms with Gasteiger partial charge in [-0.2, -0.15) is 11.3 Å². The Labute approximate surface area is 183 Å². The molecule has 2 aromatic rings. The molecule has 1 amide bonds. The molecule has 162 valence electrons. The lowest BCUT2D eigenvalue weighted by Gasteiger charge is -2.15. The predicted octanol–water partition coefficient (Wildman–Crippen LogP) is 3.52. The summed E-state index contributed by atoms with van der Waals surface area (Å²) in [5.74, 6) is 1.13. The summed E-state index contributed by atoms with van der Waals surface area (Å²) in [5.41, 5.74) is 3.00. The Kier molecular flexibility index (Phi) is 8.71. The second-order valence-electron chi connectivity index (χ2n) is 7.58. The van der Waals surface area contributed by atoms with Gasteiger partial charge in [-0.25, -0.2) is 4.99 Å². The summed E-state index contributed by atoms with van der Waals surface area (Å²) in [4.78, 5) is 17.1. The lowest BCUT2D eigenvalue weighted by molar-refractivity contribution is 0.0857. The van der Waals surface area contributed by atoms with Gasteiger partial charge in [0.2, 0.25) is 0 Å². The van der Waals surface area contributed by atoms with Crippen molar-refractivity contribution in [3.63, 3.8) is 0 Å². The van der Waals surface area contributed by atoms with E-state index in [0.29, 0.717) is 24.6 Å². The van der Waals surface area contributed by atoms with Crippen LogP contribution >= 0.6 is 11.3 Å². The van der Waals surface area contributed by atoms with Crippen LogP contribution in [0.5, 0.6) is 0 Å². The number of thiophene rings is 1. The van der Waals surface area contributed by atoms with Crippen LogP contribution in [0.25, 0.3) is 0 Å². The molecule has 0 radical (unpaired) electrons. The number of carbonyl (C=O) groups is 1. The van der Waals surface area contributed by atoms with Crippen LogP contribution in [0.3, 0.4) is 0 Å². The third-order valence-corrected chi connectivity index (χ3v) is 5.86. The van der Waals surface area contributed by atoms with Crippen LogP contribution in [0.15, 0.2) is 46.1 Å². The summed E-state index contributed by atoms with van der Waals surface area (Å²) >= 11 is 1.72. The Bertz CT molecular complexity index is 816. The topological polar surface area (TPSA) is 74.8 Å². The van der Waals surface area contributed by atoms with E-state index < -0.39 is 0 Å². The molecule has 30 heavy (non-hydrogen) atoms. The normalized spacial score (nSPS) is 17.5. The average molecular weight is 429 g/mol. The minimum absolute atomic E-state index is 0.0639. The van der Waals surface area contributed by atoms with Gasteiger partial charge in [0.15, 0.2) is 5.96 Å². The maximum absolute atomic E-state index is 12.5. The fourth-order valence-electron chi connectivity index (χ4n) is 3.36. The van der Waals surface area contributed by atoms with Crippen molar-refractivity contribution in [1.29, 1.82) is 0 Å². The van der Waals surface area contributed by atoms with E-state index in [4.69, 9.17) is 9.73 Å². The van der Waals surface area contributed by atoms with Gasteiger partial charge >= 0.3 is 0 Å². The van der Waals surface area contributed by atoms with Gasteiger partial charge in [-0.15, -0.1) is 0 Å². The molecule has 6 nitrogen and oxygen atoms in total. The van der Waals surface area contributed by atoms with E-state index >= 15 is 0 Å². The molecule has 0 saturated carbocycles. The van der Waals surface area contributed by atoms with Crippen LogP contribution in [0.1, 0.15) is 54.1 Å². The highest BCUT2D eigenvalue weighted by Gasteiger charge is 2.16. The van der Waals surface area contributed by atoms with E-state index in [-0.39, 0.29) is 12.0 Å². The highest BCUT2D eigenvalue weighted by molar-refractivity contribution is 7.07. The highest BCUT2D eigenvalue weighted by Crippen LogP contribution is 2.17. The number of amides is 1. The van der Waals surface area contributed by atoms with Gasteiger partial charge in [-0.05, 0) is 65.8 Å². The van der Waals surface area contributed by atoms with E-state index in [9.17, 15) is 4.79 Å². The number of carbonyl (C=O) groups excluding carboxylic acids is 1. The smallest absolute Gasteiger partial charge is 0.251 e. The van der Waals surface area contributed by atoms with E-state index in [2.05, 4.69) is 46.6 Å². The molecule has 1 aromatic carbocycles. The van der Waals surface area contributed by atoms with Crippen molar-refractivity contribution in [2.24, 2.45) is 4.99 Å². The van der Waals surface area contributed by atoms with E-state index in [1.807, 2.05) is 24.3 Å². The largest absolute Gasteiger partial charge is 0.376 e. The summed E-state index contributed by atoms with van der Waals surface area (Å²) in [6, 6.07) is 9.81. The highest BCUT2D eigenvalue weighted by atomic mass is 32.1. The quantitative estimate of drug-likeness (QED) is 0.422. The van der Waals surface area contributed by atoms with E-state index in [0.717, 1.165) is 44.1 Å². The summed E-state index contributed by atoms with van der Waals surface area (Å²) < 4.78 is 5.57. The zero-order chi connectivity index (χ0) is 21.2. The van der Waals surface area contributed by atoms with Gasteiger partial charge < -0.3 is 20.7 Å². The molecule has 2 unspecified atom stereocenters. The van der Waals surface area contributed by atoms with Crippen LogP contribution in [0.2, 0.25) is 0 Å². The molecule has 7 heteroatoms. The molecular formula is C23H32N4O2S. The minimum atomic E-state index is -0.0639. The number of nitrogens with zero attached hydrogens (tertiary/aromatic N) is 1. The molecule has 0 aliphatic carbocycles. The van der Waals surface area contributed by atoms with Crippen LogP contribution in [0.4, 0.5) is 0 Å². The maximum Gasteiger partial charge on any atom is 0.251 e. The Morgan fingerprint density at radius 1 is 1.30 bits per heavy atom. The predicted molar refractivity (Wildman–Crippen MR) is 123 cm³/mol. The molecule has 2 atom stereocenters. The lowest BCUT2D eigenvalue weighted by atomic mass is 10.1. The fraction of sp³-hybridized carbons (Fsp3) is 0.478. The molecule has 3 rings (SSSR count). The number of nitrogens with one attached hydrogen (secondary N) is 3. The van der Waals surface area contributed by atoms with Gasteiger partial charge in [0.25, 0.3) is 5.91 Å². The first-order valence-corrected chi connectivity index (χ1v) is 11.6. The summed E-state index contributed by atoms with van der Waals surface area (Å²) in [6.45, 7) is 7.74. The van der Waals surface area contributed by atoms with Crippen molar-refractivity contribution in [1.82, 2.24) is 16.0 Å². The lowest BCUT2D eigenvalue weighted by Crippen LogP contribution is -2.39. The molecule has 0 spiro atoms. The maximum atomic E-state index is 12.5. The van der Waals surface area contributed by atoms with Crippen molar-refractivity contribution < 1.29 is 9.53 Å². The van der Waals surface area contributed by atoms with Crippen molar-refractivity contribution in [2.75, 3.05) is 26.2 Å². The zero-order valence-corrected chi connectivity index (χ0v) is 18.6. The Balaban J connectivity index is 1.54. The van der Waals surface area contributed by atoms with Gasteiger partial charge in [0, 0.05) is 31.8 Å². The molecule has 0 bridgehead atoms. The minimum Gasteiger partial charge on any atom is -0.376 e. The number of guanidine groups is 1. The second kappa shape index (κ2) is 11.7. The third kappa shape index (κ3) is 6.85. The van der Waals surface area contributed by atoms with Crippen molar-refractivity contribution in [2.45, 2.75) is 45.3 Å². The molecule has 1 aromatic heterocycles. The molecule has 1 fully saturated rings. The second-order valence-corrected chi connectivity index (χ2v) is 8.36. The van der Waals surface area contributed by atoms with Crippen LogP contribution in [-0.2, 0) is 11.3 Å². The molecule has 1 aliphatic rings. The number of hydrogen-bond donors (Lipinski definition) is 3. The van der Waals surface area contributed by atoms with Gasteiger partial charge in [0.1, 0.15) is 0 Å². The van der Waals surface area contributed by atoms with Gasteiger partial charge in [0.05, 0.1) is 12.6 Å². The average Bonchev–Trinajstić information content (AvgIpc) is 3.48. The third-order valence-electron chi connectivity index (χ3n) is 5.16. The Hall–Kier alpha value is -2.38. The number of benzene rings is 1. The molecule has 2 heterocycles. The zero-order valence-electron chi connectivity index (χ0n) is 17.8. The first-order chi connectivity index (χ1) is 14.7. The fourth-order valence-corrected chi connectivity index (χ4v) is 4.14. The van der Waals surface area contributed by atoms with Crippen LogP contribution in [0, 0.1) is 0 Å². The van der Waals surface area contributed by atoms with E-state index in [1.54, 1.807) is 11.3 Å². The van der Waals surface area contributed by atoms with Gasteiger partial charge in [-0.1, -0.05) is 19.1 Å². The molecule has 1 aliphatic heterocycles. The Morgan fingerprint density at radius 3 is 2.93 bits per heavy atom. The van der Waals surface area contributed by atoms with Gasteiger partial charge in [-0.3, -0.25) is 4.79 Å². The summed E-state index contributed by atoms with van der Waals surface area (Å²) in [7, 11) is 0. The SMILES string of the molecule is CCNC(=NCc1cccc(C(=O)NCC2CCCO2)c1)NCC(C)c1ccsc1. The Morgan fingerprint density at radius 2 is 2.20 bits per heavy atom. The monoisotopic (exact) mass is 428 g/mol. The van der Waals surface area contributed by atoms with Crippen LogP contribution < -0.4 is 16.0 Å².